The predicted molar refractivity (Wildman–Crippen MR) is 47.8 cm³/mol. The third-order valence-corrected chi connectivity index (χ3v) is 2.85. The molecule has 2 aliphatic rings. The Hall–Kier alpha value is -0.0951. The van der Waals surface area contributed by atoms with E-state index >= 15 is 0 Å². The Balaban J connectivity index is 2.17. The molecule has 0 saturated carbocycles. The summed E-state index contributed by atoms with van der Waals surface area (Å²) in [7, 11) is 9.11. The van der Waals surface area contributed by atoms with Gasteiger partial charge in [-0.1, -0.05) is 0 Å². The Bertz CT molecular complexity index is 204. The van der Waals surface area contributed by atoms with Gasteiger partial charge in [0.05, 0.1) is 12.6 Å². The molecule has 2 fully saturated rings. The molecular weight excluding hydrogens is 169 g/mol. The number of nitrogens with one attached hydrogen (secondary N) is 1. The van der Waals surface area contributed by atoms with Crippen LogP contribution in [-0.4, -0.2) is 59.0 Å². The smallest absolute Gasteiger partial charge is 0.131 e. The van der Waals surface area contributed by atoms with Crippen LogP contribution in [0.3, 0.4) is 0 Å². The van der Waals surface area contributed by atoms with Crippen LogP contribution in [0.25, 0.3) is 0 Å². The average molecular weight is 183 g/mol. The monoisotopic (exact) mass is 183 g/mol. The van der Waals surface area contributed by atoms with Crippen molar-refractivity contribution < 1.29 is 14.2 Å². The number of hydrogen-bond acceptors (Lipinski definition) is 4. The van der Waals surface area contributed by atoms with Crippen LogP contribution >= 0.6 is 0 Å². The van der Waals surface area contributed by atoms with Gasteiger partial charge in [0.15, 0.2) is 0 Å². The van der Waals surface area contributed by atoms with Crippen molar-refractivity contribution in [2.45, 2.75) is 23.8 Å². The van der Waals surface area contributed by atoms with Crippen LogP contribution in [0.4, 0.5) is 0 Å². The van der Waals surface area contributed by atoms with Crippen LogP contribution < -0.4 is 5.32 Å². The molecular formula is C8H14BNO3. The molecule has 4 atom stereocenters. The summed E-state index contributed by atoms with van der Waals surface area (Å²) in [5.41, 5.74) is -0.381. The van der Waals surface area contributed by atoms with Crippen molar-refractivity contribution in [2.24, 2.45) is 0 Å². The number of morpholine rings is 1. The molecule has 2 bridgehead atoms. The van der Waals surface area contributed by atoms with E-state index < -0.39 is 0 Å². The van der Waals surface area contributed by atoms with E-state index in [9.17, 15) is 0 Å². The van der Waals surface area contributed by atoms with Crippen LogP contribution in [0.2, 0.25) is 0 Å². The summed E-state index contributed by atoms with van der Waals surface area (Å²) in [5, 5.41) is 3.28. The van der Waals surface area contributed by atoms with Crippen molar-refractivity contribution in [1.82, 2.24) is 5.32 Å². The minimum absolute atomic E-state index is 0.00227. The summed E-state index contributed by atoms with van der Waals surface area (Å²) in [4.78, 5) is 0. The molecule has 2 saturated heterocycles. The molecule has 0 aliphatic carbocycles. The number of fused-ring (bicyclic) bond motifs is 2. The van der Waals surface area contributed by atoms with Crippen molar-refractivity contribution in [3.05, 3.63) is 0 Å². The van der Waals surface area contributed by atoms with E-state index in [1.54, 1.807) is 14.2 Å². The summed E-state index contributed by atoms with van der Waals surface area (Å²) < 4.78 is 16.2. The van der Waals surface area contributed by atoms with Crippen LogP contribution in [0.15, 0.2) is 0 Å². The highest BCUT2D eigenvalue weighted by atomic mass is 16.6. The minimum Gasteiger partial charge on any atom is -0.382 e. The van der Waals surface area contributed by atoms with E-state index in [4.69, 9.17) is 22.1 Å². The van der Waals surface area contributed by atoms with Crippen LogP contribution in [-0.2, 0) is 14.2 Å². The minimum atomic E-state index is -0.381. The third kappa shape index (κ3) is 1.22. The number of methoxy groups -OCH3 is 2. The largest absolute Gasteiger partial charge is 0.382 e. The second-order valence-electron chi connectivity index (χ2n) is 3.64. The first kappa shape index (κ1) is 9.46. The van der Waals surface area contributed by atoms with E-state index in [0.29, 0.717) is 6.61 Å². The SMILES string of the molecule is [B][C@@H]1O[C@]2(COC)CN[C@H]1C2OC. The standard InChI is InChI=1S/C8H14BNO3/c1-11-4-8-3-10-5(6(8)12-2)7(9)13-8/h5-7,10H,3-4H2,1-2H3/t5-,6?,7+,8-/m0/s1. The predicted octanol–water partition coefficient (Wildman–Crippen LogP) is -1.12. The highest BCUT2D eigenvalue weighted by molar-refractivity contribution is 6.12. The zero-order valence-electron chi connectivity index (χ0n) is 7.95. The lowest BCUT2D eigenvalue weighted by atomic mass is 9.91. The van der Waals surface area contributed by atoms with Gasteiger partial charge in [0, 0.05) is 26.8 Å². The van der Waals surface area contributed by atoms with E-state index in [1.165, 1.54) is 0 Å². The van der Waals surface area contributed by atoms with E-state index in [-0.39, 0.29) is 23.8 Å². The molecule has 2 heterocycles. The van der Waals surface area contributed by atoms with Gasteiger partial charge in [0.25, 0.3) is 0 Å². The van der Waals surface area contributed by atoms with Crippen molar-refractivity contribution in [2.75, 3.05) is 27.4 Å². The zero-order chi connectivity index (χ0) is 9.47. The summed E-state index contributed by atoms with van der Waals surface area (Å²) in [5.74, 6) is 0. The summed E-state index contributed by atoms with van der Waals surface area (Å²) in [6.45, 7) is 1.26. The third-order valence-electron chi connectivity index (χ3n) is 2.85. The topological polar surface area (TPSA) is 39.7 Å². The Morgan fingerprint density at radius 3 is 2.92 bits per heavy atom. The van der Waals surface area contributed by atoms with Crippen molar-refractivity contribution in [3.8, 4) is 0 Å². The number of ether oxygens (including phenoxy) is 3. The van der Waals surface area contributed by atoms with Gasteiger partial charge < -0.3 is 19.5 Å². The van der Waals surface area contributed by atoms with Gasteiger partial charge in [-0.25, -0.2) is 0 Å². The van der Waals surface area contributed by atoms with Gasteiger partial charge in [-0.3, -0.25) is 0 Å². The highest BCUT2D eigenvalue weighted by Gasteiger charge is 2.58. The molecule has 2 rings (SSSR count). The Labute approximate surface area is 79.3 Å². The van der Waals surface area contributed by atoms with E-state index in [0.717, 1.165) is 6.54 Å². The normalized spacial score (nSPS) is 48.6. The number of hydrogen-bond donors (Lipinski definition) is 1. The lowest BCUT2D eigenvalue weighted by Gasteiger charge is -2.30. The molecule has 0 spiro atoms. The van der Waals surface area contributed by atoms with Crippen molar-refractivity contribution in [1.29, 1.82) is 0 Å². The lowest BCUT2D eigenvalue weighted by molar-refractivity contribution is -0.107. The van der Waals surface area contributed by atoms with Gasteiger partial charge in [-0.15, -0.1) is 0 Å². The Morgan fingerprint density at radius 1 is 1.62 bits per heavy atom. The van der Waals surface area contributed by atoms with Gasteiger partial charge >= 0.3 is 0 Å². The molecule has 0 aromatic rings. The maximum atomic E-state index is 5.78. The van der Waals surface area contributed by atoms with E-state index in [2.05, 4.69) is 5.32 Å². The second kappa shape index (κ2) is 3.24. The second-order valence-corrected chi connectivity index (χ2v) is 3.64. The molecule has 2 aliphatic heterocycles. The van der Waals surface area contributed by atoms with Crippen LogP contribution in [0.5, 0.6) is 0 Å². The average Bonchev–Trinajstić information content (AvgIpc) is 2.55. The van der Waals surface area contributed by atoms with Crippen LogP contribution in [0.1, 0.15) is 0 Å². The molecule has 0 amide bonds. The summed E-state index contributed by atoms with van der Waals surface area (Å²) >= 11 is 0. The van der Waals surface area contributed by atoms with Gasteiger partial charge in [0.1, 0.15) is 19.6 Å². The van der Waals surface area contributed by atoms with Crippen molar-refractivity contribution in [3.63, 3.8) is 0 Å². The molecule has 2 radical (unpaired) electrons. The molecule has 0 aromatic heterocycles. The highest BCUT2D eigenvalue weighted by Crippen LogP contribution is 2.36. The van der Waals surface area contributed by atoms with E-state index in [1.807, 2.05) is 0 Å². The molecule has 72 valence electrons. The fraction of sp³-hybridized carbons (Fsp3) is 1.00. The molecule has 0 aromatic carbocycles. The van der Waals surface area contributed by atoms with Crippen LogP contribution in [0, 0.1) is 0 Å². The Kier molecular flexibility index (Phi) is 2.36. The first-order valence-electron chi connectivity index (χ1n) is 4.42. The molecule has 4 nitrogen and oxygen atoms in total. The first-order chi connectivity index (χ1) is 6.23. The molecule has 1 N–H and O–H groups in total. The molecule has 13 heavy (non-hydrogen) atoms. The summed E-state index contributed by atoms with van der Waals surface area (Å²) in [6, 6.07) is -0.186. The van der Waals surface area contributed by atoms with Gasteiger partial charge in [-0.05, 0) is 0 Å². The van der Waals surface area contributed by atoms with Gasteiger partial charge in [-0.2, -0.15) is 0 Å². The van der Waals surface area contributed by atoms with Gasteiger partial charge in [0.2, 0.25) is 0 Å². The lowest BCUT2D eigenvalue weighted by Crippen LogP contribution is -2.48. The van der Waals surface area contributed by atoms with Crippen molar-refractivity contribution >= 4 is 7.85 Å². The maximum absolute atomic E-state index is 5.78. The maximum Gasteiger partial charge on any atom is 0.131 e. The number of rotatable bonds is 3. The first-order valence-corrected chi connectivity index (χ1v) is 4.42. The summed E-state index contributed by atoms with van der Waals surface area (Å²) in [6.07, 6.45) is 0.00227. The quantitative estimate of drug-likeness (QED) is 0.563. The molecule has 5 heteroatoms. The fourth-order valence-corrected chi connectivity index (χ4v) is 2.34. The molecule has 1 unspecified atom stereocenters. The zero-order valence-corrected chi connectivity index (χ0v) is 7.95. The fourth-order valence-electron chi connectivity index (χ4n) is 2.34. The Morgan fingerprint density at radius 2 is 2.38 bits per heavy atom.